The third kappa shape index (κ3) is 3.44. The number of amides is 1. The predicted molar refractivity (Wildman–Crippen MR) is 52.6 cm³/mol. The van der Waals surface area contributed by atoms with Gasteiger partial charge in [0.25, 0.3) is 5.91 Å². The van der Waals surface area contributed by atoms with Crippen LogP contribution in [0.25, 0.3) is 0 Å². The van der Waals surface area contributed by atoms with Gasteiger partial charge in [-0.15, -0.1) is 0 Å². The van der Waals surface area contributed by atoms with E-state index in [2.05, 4.69) is 10.2 Å². The molecule has 0 radical (unpaired) electrons. The lowest BCUT2D eigenvalue weighted by molar-refractivity contribution is 0.0954. The Labute approximate surface area is 82.2 Å². The zero-order chi connectivity index (χ0) is 9.52. The third-order valence-electron chi connectivity index (χ3n) is 1.54. The Morgan fingerprint density at radius 1 is 1.23 bits per heavy atom. The van der Waals surface area contributed by atoms with Crippen molar-refractivity contribution in [2.24, 2.45) is 0 Å². The van der Waals surface area contributed by atoms with Gasteiger partial charge in [-0.25, -0.2) is 4.84 Å². The normalized spacial score (nSPS) is 9.62. The Kier molecular flexibility index (Phi) is 4.29. The van der Waals surface area contributed by atoms with E-state index in [-0.39, 0.29) is 5.91 Å². The number of nitrogens with one attached hydrogen (secondary N) is 2. The Morgan fingerprint density at radius 3 is 2.54 bits per heavy atom. The minimum atomic E-state index is -0.0764. The smallest absolute Gasteiger partial charge is 0.251 e. The fourth-order valence-electron chi connectivity index (χ4n) is 0.915. The molecule has 0 aromatic heterocycles. The molecule has 2 N–H and O–H groups in total. The lowest BCUT2D eigenvalue weighted by atomic mass is 10.2. The molecule has 4 heteroatoms. The van der Waals surface area contributed by atoms with Crippen LogP contribution < -0.4 is 10.2 Å². The van der Waals surface area contributed by atoms with Crippen molar-refractivity contribution in [1.29, 1.82) is 0 Å². The second-order valence-corrected chi connectivity index (χ2v) is 2.77. The quantitative estimate of drug-likeness (QED) is 0.563. The van der Waals surface area contributed by atoms with Gasteiger partial charge in [-0.1, -0.05) is 18.2 Å². The number of rotatable bonds is 4. The largest absolute Gasteiger partial charge is 0.351 e. The molecule has 1 rings (SSSR count). The minimum Gasteiger partial charge on any atom is -0.351 e. The average molecular weight is 199 g/mol. The second-order valence-electron chi connectivity index (χ2n) is 2.51. The predicted octanol–water partition coefficient (Wildman–Crippen LogP) is 1.16. The summed E-state index contributed by atoms with van der Waals surface area (Å²) in [6.07, 6.45) is 0. The highest BCUT2D eigenvalue weighted by Gasteiger charge is 2.01. The molecular weight excluding hydrogens is 188 g/mol. The van der Waals surface area contributed by atoms with Gasteiger partial charge in [-0.2, -0.15) is 0 Å². The summed E-state index contributed by atoms with van der Waals surface area (Å²) in [5.74, 6) is -0.0764. The van der Waals surface area contributed by atoms with Crippen LogP contribution in [-0.4, -0.2) is 19.0 Å². The highest BCUT2D eigenvalue weighted by Crippen LogP contribution is 1.96. The average Bonchev–Trinajstić information content (AvgIpc) is 2.19. The van der Waals surface area contributed by atoms with Crippen molar-refractivity contribution in [1.82, 2.24) is 10.2 Å². The van der Waals surface area contributed by atoms with Crippen molar-refractivity contribution in [3.8, 4) is 0 Å². The number of hydrogen-bond acceptors (Lipinski definition) is 2. The maximum Gasteiger partial charge on any atom is 0.251 e. The Balaban J connectivity index is 2.40. The van der Waals surface area contributed by atoms with E-state index in [1.54, 1.807) is 12.1 Å². The Bertz CT molecular complexity index is 264. The number of halogens is 1. The van der Waals surface area contributed by atoms with Crippen LogP contribution in [0.3, 0.4) is 0 Å². The molecule has 1 amide bonds. The number of benzene rings is 1. The van der Waals surface area contributed by atoms with Crippen molar-refractivity contribution >= 4 is 17.7 Å². The molecule has 0 unspecified atom stereocenters. The van der Waals surface area contributed by atoms with Crippen molar-refractivity contribution in [3.05, 3.63) is 35.9 Å². The SMILES string of the molecule is O=C(NCCNCl)c1ccccc1. The lowest BCUT2D eigenvalue weighted by Crippen LogP contribution is -2.29. The van der Waals surface area contributed by atoms with Crippen LogP contribution in [0.4, 0.5) is 0 Å². The van der Waals surface area contributed by atoms with E-state index in [1.807, 2.05) is 18.2 Å². The molecule has 0 saturated carbocycles. The summed E-state index contributed by atoms with van der Waals surface area (Å²) in [6, 6.07) is 9.06. The molecule has 3 nitrogen and oxygen atoms in total. The van der Waals surface area contributed by atoms with Gasteiger partial charge in [0.15, 0.2) is 0 Å². The summed E-state index contributed by atoms with van der Waals surface area (Å²) in [7, 11) is 0. The highest BCUT2D eigenvalue weighted by atomic mass is 35.5. The first-order valence-corrected chi connectivity index (χ1v) is 4.39. The van der Waals surface area contributed by atoms with Crippen LogP contribution >= 0.6 is 11.8 Å². The van der Waals surface area contributed by atoms with Gasteiger partial charge in [-0.05, 0) is 23.9 Å². The number of hydrogen-bond donors (Lipinski definition) is 2. The third-order valence-corrected chi connectivity index (χ3v) is 1.73. The van der Waals surface area contributed by atoms with Gasteiger partial charge < -0.3 is 5.32 Å². The van der Waals surface area contributed by atoms with Crippen LogP contribution in [0, 0.1) is 0 Å². The standard InChI is InChI=1S/C9H11ClN2O/c10-12-7-6-11-9(13)8-4-2-1-3-5-8/h1-5,12H,6-7H2,(H,11,13). The monoisotopic (exact) mass is 198 g/mol. The van der Waals surface area contributed by atoms with Crippen molar-refractivity contribution < 1.29 is 4.79 Å². The summed E-state index contributed by atoms with van der Waals surface area (Å²) < 4.78 is 0. The second kappa shape index (κ2) is 5.56. The van der Waals surface area contributed by atoms with Crippen LogP contribution in [0.5, 0.6) is 0 Å². The molecule has 0 spiro atoms. The van der Waals surface area contributed by atoms with E-state index in [0.717, 1.165) is 0 Å². The topological polar surface area (TPSA) is 41.1 Å². The maximum absolute atomic E-state index is 11.3. The molecule has 13 heavy (non-hydrogen) atoms. The van der Waals surface area contributed by atoms with Crippen LogP contribution in [0.1, 0.15) is 10.4 Å². The molecule has 0 aliphatic heterocycles. The minimum absolute atomic E-state index is 0.0764. The fourth-order valence-corrected chi connectivity index (χ4v) is 1.01. The maximum atomic E-state index is 11.3. The number of carbonyl (C=O) groups excluding carboxylic acids is 1. The van der Waals surface area contributed by atoms with Crippen LogP contribution in [0.2, 0.25) is 0 Å². The van der Waals surface area contributed by atoms with E-state index in [0.29, 0.717) is 18.7 Å². The van der Waals surface area contributed by atoms with Gasteiger partial charge in [-0.3, -0.25) is 4.79 Å². The summed E-state index contributed by atoms with van der Waals surface area (Å²) >= 11 is 5.23. The molecule has 70 valence electrons. The Morgan fingerprint density at radius 2 is 1.92 bits per heavy atom. The van der Waals surface area contributed by atoms with E-state index in [9.17, 15) is 4.79 Å². The Hall–Kier alpha value is -1.06. The lowest BCUT2D eigenvalue weighted by Gasteiger charge is -2.02. The molecule has 0 heterocycles. The molecule has 0 atom stereocenters. The summed E-state index contributed by atoms with van der Waals surface area (Å²) in [6.45, 7) is 1.08. The van der Waals surface area contributed by atoms with Gasteiger partial charge in [0.1, 0.15) is 0 Å². The first-order valence-electron chi connectivity index (χ1n) is 4.01. The molecule has 1 aromatic carbocycles. The summed E-state index contributed by atoms with van der Waals surface area (Å²) in [5.41, 5.74) is 0.664. The van der Waals surface area contributed by atoms with E-state index in [4.69, 9.17) is 11.8 Å². The van der Waals surface area contributed by atoms with E-state index < -0.39 is 0 Å². The van der Waals surface area contributed by atoms with E-state index >= 15 is 0 Å². The molecule has 0 aliphatic rings. The summed E-state index contributed by atoms with van der Waals surface area (Å²) in [4.78, 5) is 13.8. The van der Waals surface area contributed by atoms with E-state index in [1.165, 1.54) is 0 Å². The molecule has 0 aliphatic carbocycles. The van der Waals surface area contributed by atoms with Crippen molar-refractivity contribution in [2.45, 2.75) is 0 Å². The highest BCUT2D eigenvalue weighted by molar-refractivity contribution is 6.13. The van der Waals surface area contributed by atoms with Gasteiger partial charge in [0.2, 0.25) is 0 Å². The molecule has 1 aromatic rings. The molecular formula is C9H11ClN2O. The summed E-state index contributed by atoms with van der Waals surface area (Å²) in [5, 5.41) is 2.71. The first kappa shape index (κ1) is 10.0. The zero-order valence-electron chi connectivity index (χ0n) is 7.09. The van der Waals surface area contributed by atoms with Gasteiger partial charge in [0, 0.05) is 18.7 Å². The fraction of sp³-hybridized carbons (Fsp3) is 0.222. The zero-order valence-corrected chi connectivity index (χ0v) is 7.84. The molecule has 0 saturated heterocycles. The number of carbonyl (C=O) groups is 1. The molecule has 0 bridgehead atoms. The molecule has 0 fully saturated rings. The first-order chi connectivity index (χ1) is 6.34. The van der Waals surface area contributed by atoms with Crippen LogP contribution in [-0.2, 0) is 0 Å². The van der Waals surface area contributed by atoms with Crippen LogP contribution in [0.15, 0.2) is 30.3 Å². The van der Waals surface area contributed by atoms with Crippen molar-refractivity contribution in [3.63, 3.8) is 0 Å². The van der Waals surface area contributed by atoms with Gasteiger partial charge in [0.05, 0.1) is 0 Å². The van der Waals surface area contributed by atoms with Gasteiger partial charge >= 0.3 is 0 Å². The van der Waals surface area contributed by atoms with Crippen molar-refractivity contribution in [2.75, 3.05) is 13.1 Å².